The number of phenols is 1. The molecular weight excluding hydrogens is 248 g/mol. The van der Waals surface area contributed by atoms with E-state index in [-0.39, 0.29) is 11.5 Å². The molecule has 1 aromatic carbocycles. The van der Waals surface area contributed by atoms with Crippen molar-refractivity contribution in [2.75, 3.05) is 6.61 Å². The van der Waals surface area contributed by atoms with Gasteiger partial charge < -0.3 is 9.84 Å². The van der Waals surface area contributed by atoms with Gasteiger partial charge in [0.05, 0.1) is 16.6 Å². The number of benzene rings is 1. The zero-order chi connectivity index (χ0) is 10.7. The third-order valence-electron chi connectivity index (χ3n) is 1.73. The summed E-state index contributed by atoms with van der Waals surface area (Å²) in [5.41, 5.74) is 0.292. The van der Waals surface area contributed by atoms with E-state index in [4.69, 9.17) is 4.74 Å². The molecule has 1 N–H and O–H groups in total. The Balaban J connectivity index is 3.17. The van der Waals surface area contributed by atoms with E-state index >= 15 is 0 Å². The van der Waals surface area contributed by atoms with Crippen molar-refractivity contribution >= 4 is 21.7 Å². The van der Waals surface area contributed by atoms with Gasteiger partial charge in [-0.1, -0.05) is 0 Å². The Morgan fingerprint density at radius 3 is 2.71 bits per heavy atom. The Morgan fingerprint density at radius 1 is 1.57 bits per heavy atom. The molecule has 1 aromatic rings. The zero-order valence-electron chi connectivity index (χ0n) is 8.00. The van der Waals surface area contributed by atoms with E-state index in [1.165, 1.54) is 13.0 Å². The molecule has 0 aromatic heterocycles. The number of hydrogen-bond acceptors (Lipinski definition) is 3. The van der Waals surface area contributed by atoms with Crippen LogP contribution in [0.5, 0.6) is 11.5 Å². The minimum Gasteiger partial charge on any atom is -0.507 e. The van der Waals surface area contributed by atoms with E-state index in [0.29, 0.717) is 22.4 Å². The summed E-state index contributed by atoms with van der Waals surface area (Å²) in [5.74, 6) is 0.311. The normalized spacial score (nSPS) is 9.93. The van der Waals surface area contributed by atoms with Gasteiger partial charge >= 0.3 is 0 Å². The molecule has 0 amide bonds. The summed E-state index contributed by atoms with van der Waals surface area (Å²) < 4.78 is 5.90. The molecule has 14 heavy (non-hydrogen) atoms. The molecule has 1 rings (SSSR count). The maximum atomic E-state index is 11.1. The summed E-state index contributed by atoms with van der Waals surface area (Å²) in [6.45, 7) is 3.77. The minimum absolute atomic E-state index is 0.0517. The molecule has 4 heteroatoms. The first kappa shape index (κ1) is 11.0. The fourth-order valence-corrected chi connectivity index (χ4v) is 1.55. The van der Waals surface area contributed by atoms with Gasteiger partial charge in [-0.2, -0.15) is 0 Å². The Morgan fingerprint density at radius 2 is 2.21 bits per heavy atom. The highest BCUT2D eigenvalue weighted by Crippen LogP contribution is 2.32. The molecule has 0 radical (unpaired) electrons. The van der Waals surface area contributed by atoms with Crippen LogP contribution in [0.25, 0.3) is 0 Å². The Labute approximate surface area is 90.8 Å². The van der Waals surface area contributed by atoms with Crippen LogP contribution in [-0.2, 0) is 0 Å². The number of aromatic hydroxyl groups is 1. The van der Waals surface area contributed by atoms with Crippen LogP contribution >= 0.6 is 15.9 Å². The lowest BCUT2D eigenvalue weighted by molar-refractivity contribution is 0.101. The van der Waals surface area contributed by atoms with Gasteiger partial charge in [0.1, 0.15) is 11.5 Å². The summed E-state index contributed by atoms with van der Waals surface area (Å²) in [5, 5.41) is 9.49. The number of ketones is 1. The van der Waals surface area contributed by atoms with E-state index in [1.54, 1.807) is 6.07 Å². The van der Waals surface area contributed by atoms with Crippen molar-refractivity contribution in [3.8, 4) is 11.5 Å². The van der Waals surface area contributed by atoms with Crippen LogP contribution in [-0.4, -0.2) is 17.5 Å². The van der Waals surface area contributed by atoms with Crippen molar-refractivity contribution in [3.05, 3.63) is 22.2 Å². The van der Waals surface area contributed by atoms with Crippen LogP contribution in [0.3, 0.4) is 0 Å². The smallest absolute Gasteiger partial charge is 0.163 e. The number of Topliss-reactive ketones (excluding diaryl/α,β-unsaturated/α-hetero) is 1. The molecule has 0 bridgehead atoms. The zero-order valence-corrected chi connectivity index (χ0v) is 9.59. The van der Waals surface area contributed by atoms with Crippen LogP contribution < -0.4 is 4.74 Å². The number of hydrogen-bond donors (Lipinski definition) is 1. The summed E-state index contributed by atoms with van der Waals surface area (Å²) in [6, 6.07) is 2.99. The fourth-order valence-electron chi connectivity index (χ4n) is 1.09. The molecule has 0 aliphatic heterocycles. The van der Waals surface area contributed by atoms with Crippen LogP contribution in [0.4, 0.5) is 0 Å². The first-order valence-electron chi connectivity index (χ1n) is 4.22. The number of rotatable bonds is 3. The molecule has 0 fully saturated rings. The molecule has 0 atom stereocenters. The highest BCUT2D eigenvalue weighted by atomic mass is 79.9. The molecule has 0 saturated heterocycles. The second kappa shape index (κ2) is 4.46. The predicted molar refractivity (Wildman–Crippen MR) is 57.0 cm³/mol. The predicted octanol–water partition coefficient (Wildman–Crippen LogP) is 2.76. The molecule has 0 saturated carbocycles. The largest absolute Gasteiger partial charge is 0.507 e. The van der Waals surface area contributed by atoms with Gasteiger partial charge in [0, 0.05) is 6.07 Å². The average molecular weight is 259 g/mol. The van der Waals surface area contributed by atoms with Crippen molar-refractivity contribution in [1.29, 1.82) is 0 Å². The summed E-state index contributed by atoms with van der Waals surface area (Å²) in [7, 11) is 0. The monoisotopic (exact) mass is 258 g/mol. The van der Waals surface area contributed by atoms with Crippen LogP contribution in [0.1, 0.15) is 24.2 Å². The van der Waals surface area contributed by atoms with Crippen molar-refractivity contribution < 1.29 is 14.6 Å². The second-order valence-corrected chi connectivity index (χ2v) is 3.64. The molecular formula is C10H11BrO3. The first-order chi connectivity index (χ1) is 6.56. The van der Waals surface area contributed by atoms with Gasteiger partial charge in [-0.15, -0.1) is 0 Å². The molecule has 0 aliphatic rings. The van der Waals surface area contributed by atoms with Crippen molar-refractivity contribution in [2.24, 2.45) is 0 Å². The average Bonchev–Trinajstić information content (AvgIpc) is 2.10. The molecule has 76 valence electrons. The SMILES string of the molecule is CCOc1cc(O)c(C(C)=O)cc1Br. The van der Waals surface area contributed by atoms with Gasteiger partial charge in [0.25, 0.3) is 0 Å². The highest BCUT2D eigenvalue weighted by Gasteiger charge is 2.11. The Hall–Kier alpha value is -1.03. The van der Waals surface area contributed by atoms with E-state index in [2.05, 4.69) is 15.9 Å². The lowest BCUT2D eigenvalue weighted by Crippen LogP contribution is -1.97. The molecule has 3 nitrogen and oxygen atoms in total. The van der Waals surface area contributed by atoms with Crippen LogP contribution in [0.15, 0.2) is 16.6 Å². The van der Waals surface area contributed by atoms with Crippen LogP contribution in [0.2, 0.25) is 0 Å². The highest BCUT2D eigenvalue weighted by molar-refractivity contribution is 9.10. The number of halogens is 1. The number of carbonyl (C=O) groups excluding carboxylic acids is 1. The van der Waals surface area contributed by atoms with Gasteiger partial charge in [-0.25, -0.2) is 0 Å². The minimum atomic E-state index is -0.175. The van der Waals surface area contributed by atoms with E-state index < -0.39 is 0 Å². The molecule has 0 heterocycles. The Kier molecular flexibility index (Phi) is 3.52. The standard InChI is InChI=1S/C10H11BrO3/c1-3-14-10-5-9(13)7(6(2)12)4-8(10)11/h4-5,13H,3H2,1-2H3. The molecule has 0 aliphatic carbocycles. The van der Waals surface area contributed by atoms with Gasteiger partial charge in [0.2, 0.25) is 0 Å². The first-order valence-corrected chi connectivity index (χ1v) is 5.01. The summed E-state index contributed by atoms with van der Waals surface area (Å²) >= 11 is 3.26. The van der Waals surface area contributed by atoms with Gasteiger partial charge in [0.15, 0.2) is 5.78 Å². The molecule has 0 unspecified atom stereocenters. The maximum absolute atomic E-state index is 11.1. The summed E-state index contributed by atoms with van der Waals surface area (Å²) in [6.07, 6.45) is 0. The fraction of sp³-hybridized carbons (Fsp3) is 0.300. The maximum Gasteiger partial charge on any atom is 0.163 e. The lowest BCUT2D eigenvalue weighted by atomic mass is 10.1. The molecule has 0 spiro atoms. The van der Waals surface area contributed by atoms with Crippen molar-refractivity contribution in [2.45, 2.75) is 13.8 Å². The van der Waals surface area contributed by atoms with Gasteiger partial charge in [-0.05, 0) is 35.8 Å². The summed E-state index contributed by atoms with van der Waals surface area (Å²) in [4.78, 5) is 11.1. The quantitative estimate of drug-likeness (QED) is 0.849. The van der Waals surface area contributed by atoms with E-state index in [1.807, 2.05) is 6.92 Å². The lowest BCUT2D eigenvalue weighted by Gasteiger charge is -2.08. The van der Waals surface area contributed by atoms with Crippen LogP contribution in [0, 0.1) is 0 Å². The topological polar surface area (TPSA) is 46.5 Å². The van der Waals surface area contributed by atoms with Crippen molar-refractivity contribution in [3.63, 3.8) is 0 Å². The van der Waals surface area contributed by atoms with E-state index in [0.717, 1.165) is 0 Å². The number of phenolic OH excluding ortho intramolecular Hbond substituents is 1. The second-order valence-electron chi connectivity index (χ2n) is 2.79. The third kappa shape index (κ3) is 2.26. The number of carbonyl (C=O) groups is 1. The van der Waals surface area contributed by atoms with Crippen molar-refractivity contribution in [1.82, 2.24) is 0 Å². The van der Waals surface area contributed by atoms with E-state index in [9.17, 15) is 9.90 Å². The Bertz CT molecular complexity index is 361. The van der Waals surface area contributed by atoms with Gasteiger partial charge in [-0.3, -0.25) is 4.79 Å². The number of ether oxygens (including phenoxy) is 1. The third-order valence-corrected chi connectivity index (χ3v) is 2.35.